The molecule has 0 fully saturated rings. The van der Waals surface area contributed by atoms with Gasteiger partial charge in [0.2, 0.25) is 0 Å². The summed E-state index contributed by atoms with van der Waals surface area (Å²) in [5.41, 5.74) is 0. The quantitative estimate of drug-likeness (QED) is 0.675. The second-order valence-electron chi connectivity index (χ2n) is 6.49. The third kappa shape index (κ3) is 7.13. The van der Waals surface area contributed by atoms with E-state index in [0.29, 0.717) is 5.75 Å². The van der Waals surface area contributed by atoms with Crippen LogP contribution in [0.15, 0.2) is 30.3 Å². The summed E-state index contributed by atoms with van der Waals surface area (Å²) >= 11 is 0. The fourth-order valence-corrected chi connectivity index (χ4v) is 2.51. The molecule has 1 aromatic rings. The van der Waals surface area contributed by atoms with Crippen molar-refractivity contribution < 1.29 is 23.9 Å². The normalized spacial score (nSPS) is 11.8. The Balaban J connectivity index is 2.39. The number of carbonyl (C=O) groups excluding carboxylic acids is 3. The highest BCUT2D eigenvalue weighted by Crippen LogP contribution is 2.08. The number of hydrogen-bond donors (Lipinski definition) is 1. The summed E-state index contributed by atoms with van der Waals surface area (Å²) in [7, 11) is 0. The maximum atomic E-state index is 12.2. The van der Waals surface area contributed by atoms with Crippen molar-refractivity contribution in [3.8, 4) is 5.75 Å². The van der Waals surface area contributed by atoms with Crippen molar-refractivity contribution in [1.82, 2.24) is 10.2 Å². The molecule has 7 nitrogen and oxygen atoms in total. The Bertz CT molecular complexity index is 593. The smallest absolute Gasteiger partial charge is 0.328 e. The standard InChI is InChI=1S/C19H28N2O5/c1-13(2)21(14(3)4)18(23)12-26-19(24)15(5)20-17(22)11-25-16-9-7-6-8-10-16/h6-10,13-15H,11-12H2,1-5H3,(H,20,22)/t15-/m0/s1. The third-order valence-electron chi connectivity index (χ3n) is 3.58. The first-order chi connectivity index (χ1) is 12.2. The van der Waals surface area contributed by atoms with Crippen LogP contribution in [0.4, 0.5) is 0 Å². The van der Waals surface area contributed by atoms with Crippen molar-refractivity contribution in [2.24, 2.45) is 0 Å². The van der Waals surface area contributed by atoms with E-state index in [1.165, 1.54) is 6.92 Å². The van der Waals surface area contributed by atoms with Gasteiger partial charge in [0.25, 0.3) is 11.8 Å². The van der Waals surface area contributed by atoms with Crippen molar-refractivity contribution in [2.75, 3.05) is 13.2 Å². The highest BCUT2D eigenvalue weighted by Gasteiger charge is 2.23. The van der Waals surface area contributed by atoms with Gasteiger partial charge in [-0.1, -0.05) is 18.2 Å². The van der Waals surface area contributed by atoms with Crippen molar-refractivity contribution in [3.05, 3.63) is 30.3 Å². The number of nitrogens with zero attached hydrogens (tertiary/aromatic N) is 1. The lowest BCUT2D eigenvalue weighted by molar-refractivity contribution is -0.155. The molecule has 0 unspecified atom stereocenters. The van der Waals surface area contributed by atoms with Crippen LogP contribution in [0.5, 0.6) is 5.75 Å². The SMILES string of the molecule is CC(C)N(C(=O)COC(=O)[C@H](C)NC(=O)COc1ccccc1)C(C)C. The molecular weight excluding hydrogens is 336 g/mol. The van der Waals surface area contributed by atoms with Crippen LogP contribution in [0.3, 0.4) is 0 Å². The van der Waals surface area contributed by atoms with Gasteiger partial charge in [0.15, 0.2) is 13.2 Å². The average Bonchev–Trinajstić information content (AvgIpc) is 2.58. The van der Waals surface area contributed by atoms with Crippen LogP contribution in [0.1, 0.15) is 34.6 Å². The number of benzene rings is 1. The van der Waals surface area contributed by atoms with Gasteiger partial charge in [-0.2, -0.15) is 0 Å². The second kappa shape index (κ2) is 10.4. The van der Waals surface area contributed by atoms with E-state index in [0.717, 1.165) is 0 Å². The molecule has 1 aromatic carbocycles. The Morgan fingerprint density at radius 1 is 0.962 bits per heavy atom. The molecule has 1 rings (SSSR count). The van der Waals surface area contributed by atoms with E-state index >= 15 is 0 Å². The van der Waals surface area contributed by atoms with Gasteiger partial charge < -0.3 is 19.7 Å². The zero-order valence-electron chi connectivity index (χ0n) is 16.0. The van der Waals surface area contributed by atoms with Gasteiger partial charge in [-0.3, -0.25) is 9.59 Å². The largest absolute Gasteiger partial charge is 0.484 e. The highest BCUT2D eigenvalue weighted by molar-refractivity contribution is 5.86. The van der Waals surface area contributed by atoms with E-state index in [-0.39, 0.29) is 31.2 Å². The fraction of sp³-hybridized carbons (Fsp3) is 0.526. The minimum atomic E-state index is -0.874. The van der Waals surface area contributed by atoms with Gasteiger partial charge in [-0.15, -0.1) is 0 Å². The monoisotopic (exact) mass is 364 g/mol. The topological polar surface area (TPSA) is 84.9 Å². The molecular formula is C19H28N2O5. The first-order valence-corrected chi connectivity index (χ1v) is 8.67. The first kappa shape index (κ1) is 21.5. The van der Waals surface area contributed by atoms with Gasteiger partial charge in [0.1, 0.15) is 11.8 Å². The Morgan fingerprint density at radius 3 is 2.08 bits per heavy atom. The number of ether oxygens (including phenoxy) is 2. The minimum Gasteiger partial charge on any atom is -0.484 e. The molecule has 0 heterocycles. The molecule has 0 saturated heterocycles. The highest BCUT2D eigenvalue weighted by atomic mass is 16.5. The molecule has 0 aromatic heterocycles. The van der Waals surface area contributed by atoms with Crippen molar-refractivity contribution in [2.45, 2.75) is 52.7 Å². The molecule has 144 valence electrons. The second-order valence-corrected chi connectivity index (χ2v) is 6.49. The van der Waals surface area contributed by atoms with Crippen LogP contribution >= 0.6 is 0 Å². The lowest BCUT2D eigenvalue weighted by atomic mass is 10.2. The van der Waals surface area contributed by atoms with Crippen molar-refractivity contribution in [1.29, 1.82) is 0 Å². The predicted molar refractivity (Wildman–Crippen MR) is 97.6 cm³/mol. The number of rotatable bonds is 9. The van der Waals surface area contributed by atoms with E-state index in [2.05, 4.69) is 5.32 Å². The van der Waals surface area contributed by atoms with Crippen LogP contribution in [0.25, 0.3) is 0 Å². The van der Waals surface area contributed by atoms with Crippen LogP contribution in [0, 0.1) is 0 Å². The van der Waals surface area contributed by atoms with E-state index in [1.807, 2.05) is 33.8 Å². The Morgan fingerprint density at radius 2 is 1.54 bits per heavy atom. The maximum absolute atomic E-state index is 12.2. The number of amides is 2. The van der Waals surface area contributed by atoms with Crippen molar-refractivity contribution >= 4 is 17.8 Å². The number of esters is 1. The summed E-state index contributed by atoms with van der Waals surface area (Å²) in [5, 5.41) is 2.49. The number of hydrogen-bond acceptors (Lipinski definition) is 5. The van der Waals surface area contributed by atoms with E-state index in [1.54, 1.807) is 29.2 Å². The van der Waals surface area contributed by atoms with Crippen LogP contribution in [-0.2, 0) is 19.1 Å². The summed E-state index contributed by atoms with van der Waals surface area (Å²) in [4.78, 5) is 37.6. The molecule has 1 atom stereocenters. The van der Waals surface area contributed by atoms with Gasteiger partial charge in [-0.05, 0) is 46.8 Å². The molecule has 0 bridgehead atoms. The zero-order valence-corrected chi connectivity index (χ0v) is 16.0. The molecule has 0 saturated carbocycles. The van der Waals surface area contributed by atoms with E-state index in [4.69, 9.17) is 9.47 Å². The Kier molecular flexibility index (Phi) is 8.61. The first-order valence-electron chi connectivity index (χ1n) is 8.67. The van der Waals surface area contributed by atoms with E-state index in [9.17, 15) is 14.4 Å². The van der Waals surface area contributed by atoms with Gasteiger partial charge >= 0.3 is 5.97 Å². The van der Waals surface area contributed by atoms with Gasteiger partial charge in [0.05, 0.1) is 0 Å². The molecule has 0 aliphatic carbocycles. The number of carbonyl (C=O) groups is 3. The Hall–Kier alpha value is -2.57. The lowest BCUT2D eigenvalue weighted by Crippen LogP contribution is -2.46. The number of nitrogens with one attached hydrogen (secondary N) is 1. The zero-order chi connectivity index (χ0) is 19.7. The number of para-hydroxylation sites is 1. The molecule has 0 aliphatic heterocycles. The Labute approximate surface area is 154 Å². The fourth-order valence-electron chi connectivity index (χ4n) is 2.51. The predicted octanol–water partition coefficient (Wildman–Crippen LogP) is 1.76. The molecule has 26 heavy (non-hydrogen) atoms. The van der Waals surface area contributed by atoms with Crippen LogP contribution < -0.4 is 10.1 Å². The maximum Gasteiger partial charge on any atom is 0.328 e. The minimum absolute atomic E-state index is 0.00784. The summed E-state index contributed by atoms with van der Waals surface area (Å²) in [5.74, 6) is -0.824. The van der Waals surface area contributed by atoms with Crippen LogP contribution in [0.2, 0.25) is 0 Å². The summed E-state index contributed by atoms with van der Waals surface area (Å²) in [6.45, 7) is 8.52. The average molecular weight is 364 g/mol. The summed E-state index contributed by atoms with van der Waals surface area (Å²) < 4.78 is 10.3. The summed E-state index contributed by atoms with van der Waals surface area (Å²) in [6, 6.07) is 8.02. The van der Waals surface area contributed by atoms with Gasteiger partial charge in [-0.25, -0.2) is 4.79 Å². The van der Waals surface area contributed by atoms with Crippen LogP contribution in [-0.4, -0.2) is 54.0 Å². The summed E-state index contributed by atoms with van der Waals surface area (Å²) in [6.07, 6.45) is 0. The molecule has 0 radical (unpaired) electrons. The molecule has 0 spiro atoms. The molecule has 0 aliphatic rings. The molecule has 2 amide bonds. The molecule has 7 heteroatoms. The van der Waals surface area contributed by atoms with Gasteiger partial charge in [0, 0.05) is 12.1 Å². The van der Waals surface area contributed by atoms with E-state index < -0.39 is 17.9 Å². The van der Waals surface area contributed by atoms with Crippen molar-refractivity contribution in [3.63, 3.8) is 0 Å². The third-order valence-corrected chi connectivity index (χ3v) is 3.58. The lowest BCUT2D eigenvalue weighted by Gasteiger charge is -2.30. The molecule has 1 N–H and O–H groups in total.